The van der Waals surface area contributed by atoms with E-state index < -0.39 is 12.6 Å². The zero-order valence-corrected chi connectivity index (χ0v) is 10.1. The van der Waals surface area contributed by atoms with E-state index in [1.165, 1.54) is 19.0 Å². The maximum Gasteiger partial charge on any atom is 0.389 e. The summed E-state index contributed by atoms with van der Waals surface area (Å²) in [5.41, 5.74) is 0. The van der Waals surface area contributed by atoms with E-state index in [1.807, 2.05) is 0 Å². The lowest BCUT2D eigenvalue weighted by molar-refractivity contribution is -0.134. The van der Waals surface area contributed by atoms with Crippen LogP contribution in [-0.4, -0.2) is 23.7 Å². The molecule has 0 aromatic carbocycles. The Morgan fingerprint density at radius 1 is 1.33 bits per heavy atom. The van der Waals surface area contributed by atoms with Crippen LogP contribution in [0.1, 0.15) is 37.3 Å². The topological polar surface area (TPSA) is 38.1 Å². The molecule has 3 nitrogen and oxygen atoms in total. The average Bonchev–Trinajstić information content (AvgIpc) is 3.00. The highest BCUT2D eigenvalue weighted by Crippen LogP contribution is 2.22. The van der Waals surface area contributed by atoms with Crippen LogP contribution in [0.4, 0.5) is 13.2 Å². The third kappa shape index (κ3) is 5.08. The number of halogens is 3. The van der Waals surface area contributed by atoms with Crippen molar-refractivity contribution in [2.75, 3.05) is 6.54 Å². The fourth-order valence-corrected chi connectivity index (χ4v) is 1.68. The number of aromatic nitrogens is 1. The first-order valence-corrected chi connectivity index (χ1v) is 6.27. The van der Waals surface area contributed by atoms with Crippen molar-refractivity contribution < 1.29 is 17.6 Å². The molecule has 1 saturated carbocycles. The van der Waals surface area contributed by atoms with Gasteiger partial charge in [-0.05, 0) is 25.8 Å². The Morgan fingerprint density at radius 2 is 2.11 bits per heavy atom. The maximum absolute atomic E-state index is 12.0. The molecule has 0 amide bonds. The van der Waals surface area contributed by atoms with Gasteiger partial charge in [0, 0.05) is 18.9 Å². The summed E-state index contributed by atoms with van der Waals surface area (Å²) >= 11 is 0. The van der Waals surface area contributed by atoms with E-state index in [0.29, 0.717) is 24.1 Å². The summed E-state index contributed by atoms with van der Waals surface area (Å²) in [5.74, 6) is 0.849. The predicted molar refractivity (Wildman–Crippen MR) is 60.2 cm³/mol. The Bertz CT molecular complexity index is 372. The van der Waals surface area contributed by atoms with Gasteiger partial charge in [-0.2, -0.15) is 13.2 Å². The first-order chi connectivity index (χ1) is 8.53. The van der Waals surface area contributed by atoms with E-state index in [0.717, 1.165) is 13.0 Å². The normalized spacial score (nSPS) is 16.2. The van der Waals surface area contributed by atoms with Crippen molar-refractivity contribution in [1.29, 1.82) is 0 Å². The summed E-state index contributed by atoms with van der Waals surface area (Å²) < 4.78 is 41.3. The summed E-state index contributed by atoms with van der Waals surface area (Å²) in [5, 5.41) is 3.36. The summed E-state index contributed by atoms with van der Waals surface area (Å²) in [4.78, 5) is 3.99. The summed E-state index contributed by atoms with van der Waals surface area (Å²) in [6.07, 6.45) is 0.348. The Balaban J connectivity index is 1.65. The van der Waals surface area contributed by atoms with Crippen LogP contribution in [0.3, 0.4) is 0 Å². The lowest BCUT2D eigenvalue weighted by Gasteiger charge is -2.03. The third-order valence-corrected chi connectivity index (χ3v) is 2.83. The Morgan fingerprint density at radius 3 is 2.78 bits per heavy atom. The fourth-order valence-electron chi connectivity index (χ4n) is 1.68. The number of nitrogens with one attached hydrogen (secondary N) is 1. The summed E-state index contributed by atoms with van der Waals surface area (Å²) in [7, 11) is 0. The minimum atomic E-state index is -4.14. The second-order valence-electron chi connectivity index (χ2n) is 4.67. The lowest BCUT2D eigenvalue weighted by atomic mass is 10.2. The molecule has 1 heterocycles. The number of aryl methyl sites for hydroxylation is 2. The highest BCUT2D eigenvalue weighted by molar-refractivity contribution is 4.95. The molecular weight excluding hydrogens is 245 g/mol. The van der Waals surface area contributed by atoms with Crippen LogP contribution in [0.25, 0.3) is 0 Å². The van der Waals surface area contributed by atoms with Crippen LogP contribution in [0.2, 0.25) is 0 Å². The van der Waals surface area contributed by atoms with Crippen LogP contribution in [0.15, 0.2) is 10.6 Å². The minimum Gasteiger partial charge on any atom is -0.446 e. The monoisotopic (exact) mass is 262 g/mol. The molecule has 0 saturated heterocycles. The number of hydrogen-bond acceptors (Lipinski definition) is 3. The number of alkyl halides is 3. The average molecular weight is 262 g/mol. The quantitative estimate of drug-likeness (QED) is 0.768. The molecular formula is C12H17F3N2O. The molecule has 0 bridgehead atoms. The molecule has 18 heavy (non-hydrogen) atoms. The van der Waals surface area contributed by atoms with Gasteiger partial charge in [-0.1, -0.05) is 0 Å². The van der Waals surface area contributed by atoms with Gasteiger partial charge in [0.15, 0.2) is 5.89 Å². The molecule has 6 heteroatoms. The number of hydrogen-bond donors (Lipinski definition) is 1. The van der Waals surface area contributed by atoms with Crippen LogP contribution in [0, 0.1) is 0 Å². The fraction of sp³-hybridized carbons (Fsp3) is 0.750. The van der Waals surface area contributed by atoms with Gasteiger partial charge in [-0.25, -0.2) is 4.98 Å². The van der Waals surface area contributed by atoms with E-state index in [4.69, 9.17) is 4.42 Å². The van der Waals surface area contributed by atoms with Gasteiger partial charge in [-0.15, -0.1) is 0 Å². The number of nitrogens with zero attached hydrogens (tertiary/aromatic N) is 1. The molecule has 1 aromatic heterocycles. The third-order valence-electron chi connectivity index (χ3n) is 2.83. The zero-order valence-electron chi connectivity index (χ0n) is 10.1. The van der Waals surface area contributed by atoms with E-state index in [1.54, 1.807) is 0 Å². The van der Waals surface area contributed by atoms with Gasteiger partial charge in [0.25, 0.3) is 0 Å². The molecule has 1 aliphatic carbocycles. The van der Waals surface area contributed by atoms with Crippen molar-refractivity contribution in [2.45, 2.75) is 50.7 Å². The van der Waals surface area contributed by atoms with Gasteiger partial charge in [0.2, 0.25) is 0 Å². The molecule has 1 aromatic rings. The molecule has 1 fully saturated rings. The summed E-state index contributed by atoms with van der Waals surface area (Å²) in [6, 6.07) is 0.678. The van der Waals surface area contributed by atoms with Gasteiger partial charge in [0.1, 0.15) is 5.76 Å². The number of oxazole rings is 1. The first-order valence-electron chi connectivity index (χ1n) is 6.27. The van der Waals surface area contributed by atoms with Crippen molar-refractivity contribution in [3.8, 4) is 0 Å². The molecule has 0 unspecified atom stereocenters. The van der Waals surface area contributed by atoms with Crippen LogP contribution in [-0.2, 0) is 12.8 Å². The largest absolute Gasteiger partial charge is 0.446 e. The molecule has 1 N–H and O–H groups in total. The SMILES string of the molecule is FC(F)(F)CCc1cnc(CCCNC2CC2)o1. The molecule has 0 radical (unpaired) electrons. The van der Waals surface area contributed by atoms with Gasteiger partial charge in [0.05, 0.1) is 12.6 Å². The maximum atomic E-state index is 12.0. The van der Waals surface area contributed by atoms with Crippen molar-refractivity contribution >= 4 is 0 Å². The Kier molecular flexibility index (Phi) is 4.27. The molecule has 1 aliphatic rings. The Hall–Kier alpha value is -1.04. The highest BCUT2D eigenvalue weighted by Gasteiger charge is 2.27. The van der Waals surface area contributed by atoms with E-state index in [-0.39, 0.29) is 6.42 Å². The van der Waals surface area contributed by atoms with Crippen molar-refractivity contribution in [2.24, 2.45) is 0 Å². The smallest absolute Gasteiger partial charge is 0.389 e. The zero-order chi connectivity index (χ0) is 13.0. The second-order valence-corrected chi connectivity index (χ2v) is 4.67. The van der Waals surface area contributed by atoms with E-state index >= 15 is 0 Å². The van der Waals surface area contributed by atoms with Crippen molar-refractivity contribution in [1.82, 2.24) is 10.3 Å². The van der Waals surface area contributed by atoms with Gasteiger partial charge >= 0.3 is 6.18 Å². The Labute approximate surface area is 104 Å². The van der Waals surface area contributed by atoms with Gasteiger partial charge < -0.3 is 9.73 Å². The summed E-state index contributed by atoms with van der Waals surface area (Å²) in [6.45, 7) is 0.908. The number of rotatable bonds is 7. The van der Waals surface area contributed by atoms with Crippen molar-refractivity contribution in [3.05, 3.63) is 17.8 Å². The molecule has 2 rings (SSSR count). The predicted octanol–water partition coefficient (Wildman–Crippen LogP) is 2.85. The standard InChI is InChI=1S/C12H17F3N2O/c13-12(14,15)6-5-10-8-17-11(18-10)2-1-7-16-9-3-4-9/h8-9,16H,1-7H2. The minimum absolute atomic E-state index is 0.128. The van der Waals surface area contributed by atoms with Crippen LogP contribution in [0.5, 0.6) is 0 Å². The molecule has 0 aliphatic heterocycles. The molecule has 102 valence electrons. The second kappa shape index (κ2) is 5.73. The first kappa shape index (κ1) is 13.4. The van der Waals surface area contributed by atoms with Gasteiger partial charge in [-0.3, -0.25) is 0 Å². The molecule has 0 spiro atoms. The van der Waals surface area contributed by atoms with Crippen LogP contribution < -0.4 is 5.32 Å². The van der Waals surface area contributed by atoms with E-state index in [9.17, 15) is 13.2 Å². The van der Waals surface area contributed by atoms with E-state index in [2.05, 4.69) is 10.3 Å². The lowest BCUT2D eigenvalue weighted by Crippen LogP contribution is -2.17. The molecule has 0 atom stereocenters. The van der Waals surface area contributed by atoms with Crippen LogP contribution >= 0.6 is 0 Å². The van der Waals surface area contributed by atoms with Crippen molar-refractivity contribution in [3.63, 3.8) is 0 Å². The highest BCUT2D eigenvalue weighted by atomic mass is 19.4.